The summed E-state index contributed by atoms with van der Waals surface area (Å²) in [5, 5.41) is 3.23. The summed E-state index contributed by atoms with van der Waals surface area (Å²) in [5.74, 6) is 1.59. The van der Waals surface area contributed by atoms with E-state index in [4.69, 9.17) is 15.5 Å². The Labute approximate surface area is 156 Å². The summed E-state index contributed by atoms with van der Waals surface area (Å²) in [6.07, 6.45) is 3.54. The lowest BCUT2D eigenvalue weighted by molar-refractivity contribution is 0.0376. The average Bonchev–Trinajstić information content (AvgIpc) is 3.19. The van der Waals surface area contributed by atoms with Gasteiger partial charge in [0.15, 0.2) is 5.96 Å². The van der Waals surface area contributed by atoms with Crippen LogP contribution in [0.2, 0.25) is 0 Å². The minimum atomic E-state index is 0.514. The van der Waals surface area contributed by atoms with Gasteiger partial charge in [0, 0.05) is 44.0 Å². The number of morpholine rings is 1. The monoisotopic (exact) mass is 360 g/mol. The number of ether oxygens (including phenoxy) is 1. The van der Waals surface area contributed by atoms with Gasteiger partial charge in [-0.25, -0.2) is 9.98 Å². The summed E-state index contributed by atoms with van der Waals surface area (Å²) < 4.78 is 5.37. The van der Waals surface area contributed by atoms with E-state index in [0.717, 1.165) is 76.0 Å². The standard InChI is InChI=1S/C19H32N6O/c1-16-5-6-17(18(23-16)25-9-2-3-10-25)15-22-19(20)21-7-4-8-24-11-13-26-14-12-24/h5-6H,2-4,7-15H2,1H3,(H3,20,21,22). The van der Waals surface area contributed by atoms with Gasteiger partial charge in [0.2, 0.25) is 0 Å². The molecule has 26 heavy (non-hydrogen) atoms. The molecule has 2 fully saturated rings. The highest BCUT2D eigenvalue weighted by Crippen LogP contribution is 2.23. The van der Waals surface area contributed by atoms with Crippen molar-refractivity contribution in [1.29, 1.82) is 0 Å². The number of pyridine rings is 1. The molecule has 1 aromatic heterocycles. The zero-order valence-electron chi connectivity index (χ0n) is 15.9. The predicted octanol–water partition coefficient (Wildman–Crippen LogP) is 1.12. The molecule has 3 heterocycles. The SMILES string of the molecule is Cc1ccc(CN=C(N)NCCCN2CCOCC2)c(N2CCCC2)n1. The van der Waals surface area contributed by atoms with E-state index in [0.29, 0.717) is 12.5 Å². The maximum atomic E-state index is 6.05. The van der Waals surface area contributed by atoms with Crippen LogP contribution in [0.15, 0.2) is 17.1 Å². The maximum Gasteiger partial charge on any atom is 0.188 e. The van der Waals surface area contributed by atoms with E-state index in [1.165, 1.54) is 12.8 Å². The van der Waals surface area contributed by atoms with Crippen molar-refractivity contribution in [2.24, 2.45) is 10.7 Å². The van der Waals surface area contributed by atoms with Gasteiger partial charge in [0.05, 0.1) is 19.8 Å². The molecule has 0 aliphatic carbocycles. The van der Waals surface area contributed by atoms with Gasteiger partial charge in [-0.15, -0.1) is 0 Å². The lowest BCUT2D eigenvalue weighted by Crippen LogP contribution is -2.39. The van der Waals surface area contributed by atoms with Crippen molar-refractivity contribution < 1.29 is 4.74 Å². The topological polar surface area (TPSA) is 79.0 Å². The van der Waals surface area contributed by atoms with Crippen molar-refractivity contribution >= 4 is 11.8 Å². The molecule has 7 nitrogen and oxygen atoms in total. The third kappa shape index (κ3) is 5.57. The molecule has 1 aromatic rings. The second-order valence-electron chi connectivity index (χ2n) is 7.07. The number of hydrogen-bond donors (Lipinski definition) is 2. The van der Waals surface area contributed by atoms with E-state index in [1.807, 2.05) is 6.92 Å². The summed E-state index contributed by atoms with van der Waals surface area (Å²) in [6.45, 7) is 10.5. The fourth-order valence-electron chi connectivity index (χ4n) is 3.47. The van der Waals surface area contributed by atoms with E-state index in [9.17, 15) is 0 Å². The van der Waals surface area contributed by atoms with Crippen molar-refractivity contribution in [3.05, 3.63) is 23.4 Å². The summed E-state index contributed by atoms with van der Waals surface area (Å²) in [7, 11) is 0. The zero-order valence-corrected chi connectivity index (χ0v) is 15.9. The Bertz CT molecular complexity index is 594. The maximum absolute atomic E-state index is 6.05. The van der Waals surface area contributed by atoms with Crippen LogP contribution in [-0.2, 0) is 11.3 Å². The van der Waals surface area contributed by atoms with Crippen LogP contribution in [0.1, 0.15) is 30.5 Å². The Kier molecular flexibility index (Phi) is 7.08. The second kappa shape index (κ2) is 9.73. The first-order chi connectivity index (χ1) is 12.7. The Morgan fingerprint density at radius 2 is 2.00 bits per heavy atom. The van der Waals surface area contributed by atoms with Crippen molar-refractivity contribution in [2.45, 2.75) is 32.7 Å². The van der Waals surface area contributed by atoms with Gasteiger partial charge < -0.3 is 20.7 Å². The highest BCUT2D eigenvalue weighted by molar-refractivity contribution is 5.77. The van der Waals surface area contributed by atoms with Crippen LogP contribution in [-0.4, -0.2) is 68.3 Å². The Hall–Kier alpha value is -1.86. The second-order valence-corrected chi connectivity index (χ2v) is 7.07. The van der Waals surface area contributed by atoms with Crippen molar-refractivity contribution in [3.8, 4) is 0 Å². The minimum Gasteiger partial charge on any atom is -0.379 e. The zero-order chi connectivity index (χ0) is 18.2. The molecule has 3 N–H and O–H groups in total. The highest BCUT2D eigenvalue weighted by atomic mass is 16.5. The van der Waals surface area contributed by atoms with Crippen LogP contribution >= 0.6 is 0 Å². The first kappa shape index (κ1) is 18.9. The van der Waals surface area contributed by atoms with Crippen LogP contribution in [0.25, 0.3) is 0 Å². The third-order valence-electron chi connectivity index (χ3n) is 4.98. The summed E-state index contributed by atoms with van der Waals surface area (Å²) >= 11 is 0. The number of nitrogens with zero attached hydrogens (tertiary/aromatic N) is 4. The molecule has 0 aromatic carbocycles. The Balaban J connectivity index is 1.46. The summed E-state index contributed by atoms with van der Waals surface area (Å²) in [4.78, 5) is 14.1. The molecule has 2 saturated heterocycles. The Morgan fingerprint density at radius 1 is 1.23 bits per heavy atom. The number of aryl methyl sites for hydroxylation is 1. The van der Waals surface area contributed by atoms with E-state index >= 15 is 0 Å². The normalized spacial score (nSPS) is 19.1. The number of aromatic nitrogens is 1. The number of nitrogens with one attached hydrogen (secondary N) is 1. The summed E-state index contributed by atoms with van der Waals surface area (Å²) in [6, 6.07) is 4.18. The van der Waals surface area contributed by atoms with Crippen molar-refractivity contribution in [2.75, 3.05) is 57.4 Å². The lowest BCUT2D eigenvalue weighted by atomic mass is 10.2. The van der Waals surface area contributed by atoms with Crippen LogP contribution in [0, 0.1) is 6.92 Å². The van der Waals surface area contributed by atoms with Crippen LogP contribution in [0.4, 0.5) is 5.82 Å². The lowest BCUT2D eigenvalue weighted by Gasteiger charge is -2.26. The fourth-order valence-corrected chi connectivity index (χ4v) is 3.47. The van der Waals surface area contributed by atoms with E-state index in [1.54, 1.807) is 0 Å². The van der Waals surface area contributed by atoms with E-state index in [2.05, 4.69) is 32.2 Å². The molecule has 0 radical (unpaired) electrons. The largest absolute Gasteiger partial charge is 0.379 e. The number of anilines is 1. The van der Waals surface area contributed by atoms with Gasteiger partial charge in [-0.2, -0.15) is 0 Å². The first-order valence-corrected chi connectivity index (χ1v) is 9.78. The molecule has 2 aliphatic rings. The molecular formula is C19H32N6O. The van der Waals surface area contributed by atoms with Crippen molar-refractivity contribution in [1.82, 2.24) is 15.2 Å². The molecular weight excluding hydrogens is 328 g/mol. The fraction of sp³-hybridized carbons (Fsp3) is 0.684. The van der Waals surface area contributed by atoms with Gasteiger partial charge in [-0.05, 0) is 38.8 Å². The number of guanidine groups is 1. The summed E-state index contributed by atoms with van der Waals surface area (Å²) in [5.41, 5.74) is 8.24. The number of rotatable bonds is 7. The van der Waals surface area contributed by atoms with Gasteiger partial charge >= 0.3 is 0 Å². The Morgan fingerprint density at radius 3 is 2.77 bits per heavy atom. The first-order valence-electron chi connectivity index (χ1n) is 9.78. The van der Waals surface area contributed by atoms with E-state index < -0.39 is 0 Å². The molecule has 0 bridgehead atoms. The molecule has 0 unspecified atom stereocenters. The molecule has 0 spiro atoms. The van der Waals surface area contributed by atoms with E-state index in [-0.39, 0.29) is 0 Å². The van der Waals surface area contributed by atoms with Crippen LogP contribution < -0.4 is 16.0 Å². The van der Waals surface area contributed by atoms with Crippen molar-refractivity contribution in [3.63, 3.8) is 0 Å². The molecule has 2 aliphatic heterocycles. The minimum absolute atomic E-state index is 0.514. The quantitative estimate of drug-likeness (QED) is 0.431. The molecule has 7 heteroatoms. The molecule has 0 atom stereocenters. The van der Waals surface area contributed by atoms with Gasteiger partial charge in [0.1, 0.15) is 5.82 Å². The van der Waals surface area contributed by atoms with Gasteiger partial charge in [-0.3, -0.25) is 4.90 Å². The average molecular weight is 361 g/mol. The number of hydrogen-bond acceptors (Lipinski definition) is 5. The third-order valence-corrected chi connectivity index (χ3v) is 4.98. The van der Waals surface area contributed by atoms with Crippen LogP contribution in [0.5, 0.6) is 0 Å². The smallest absolute Gasteiger partial charge is 0.188 e. The molecule has 0 saturated carbocycles. The molecule has 3 rings (SSSR count). The molecule has 144 valence electrons. The number of aliphatic imine (C=N–C) groups is 1. The van der Waals surface area contributed by atoms with Gasteiger partial charge in [0.25, 0.3) is 0 Å². The van der Waals surface area contributed by atoms with Gasteiger partial charge in [-0.1, -0.05) is 6.07 Å². The predicted molar refractivity (Wildman–Crippen MR) is 106 cm³/mol. The number of nitrogens with two attached hydrogens (primary N) is 1. The molecule has 0 amide bonds. The highest BCUT2D eigenvalue weighted by Gasteiger charge is 2.17. The van der Waals surface area contributed by atoms with Crippen LogP contribution in [0.3, 0.4) is 0 Å².